The first-order chi connectivity index (χ1) is 17.4. The fourth-order valence-corrected chi connectivity index (χ4v) is 3.77. The summed E-state index contributed by atoms with van der Waals surface area (Å²) in [4.78, 5) is 33.3. The maximum atomic E-state index is 13.0. The summed E-state index contributed by atoms with van der Waals surface area (Å²) in [5.74, 6) is -0.572. The van der Waals surface area contributed by atoms with Crippen molar-refractivity contribution in [2.75, 3.05) is 11.9 Å². The third kappa shape index (κ3) is 5.83. The van der Waals surface area contributed by atoms with Crippen LogP contribution in [0.4, 0.5) is 5.82 Å². The number of nitriles is 1. The van der Waals surface area contributed by atoms with Gasteiger partial charge in [-0.1, -0.05) is 42.5 Å². The van der Waals surface area contributed by atoms with Crippen molar-refractivity contribution >= 4 is 28.7 Å². The van der Waals surface area contributed by atoms with Gasteiger partial charge in [0.05, 0.1) is 28.7 Å². The van der Waals surface area contributed by atoms with Crippen LogP contribution in [-0.2, 0) is 4.79 Å². The van der Waals surface area contributed by atoms with Crippen LogP contribution in [0.25, 0.3) is 22.3 Å². The molecule has 36 heavy (non-hydrogen) atoms. The number of amides is 1. The molecule has 0 saturated carbocycles. The Kier molecular flexibility index (Phi) is 7.51. The highest BCUT2D eigenvalue weighted by Gasteiger charge is 2.15. The Morgan fingerprint density at radius 1 is 1.00 bits per heavy atom. The van der Waals surface area contributed by atoms with Gasteiger partial charge in [-0.05, 0) is 49.2 Å². The molecule has 3 N–H and O–H groups in total. The van der Waals surface area contributed by atoms with Crippen LogP contribution in [0.5, 0.6) is 0 Å². The van der Waals surface area contributed by atoms with Gasteiger partial charge in [0.25, 0.3) is 5.91 Å². The molecule has 8 heteroatoms. The highest BCUT2D eigenvalue weighted by molar-refractivity contribution is 5.98. The minimum atomic E-state index is -0.851. The first-order valence-electron chi connectivity index (χ1n) is 11.6. The number of hydrogen-bond donors (Lipinski definition) is 3. The summed E-state index contributed by atoms with van der Waals surface area (Å²) < 4.78 is 0. The van der Waals surface area contributed by atoms with Gasteiger partial charge >= 0.3 is 5.97 Å². The smallest absolute Gasteiger partial charge is 0.303 e. The SMILES string of the molecule is CC(NC(=O)c1ccc2nc(-c3ccccc3)c(NCCCC(=O)O)nc2c1)c1ccc(C#N)cc1. The van der Waals surface area contributed by atoms with Crippen LogP contribution in [0.1, 0.15) is 47.3 Å². The van der Waals surface area contributed by atoms with Crippen molar-refractivity contribution in [2.45, 2.75) is 25.8 Å². The Labute approximate surface area is 208 Å². The lowest BCUT2D eigenvalue weighted by atomic mass is 10.1. The molecule has 0 aliphatic carbocycles. The van der Waals surface area contributed by atoms with Gasteiger partial charge in [0, 0.05) is 24.1 Å². The topological polar surface area (TPSA) is 128 Å². The van der Waals surface area contributed by atoms with Crippen molar-refractivity contribution in [1.29, 1.82) is 5.26 Å². The zero-order valence-electron chi connectivity index (χ0n) is 19.7. The van der Waals surface area contributed by atoms with E-state index in [0.29, 0.717) is 46.6 Å². The van der Waals surface area contributed by atoms with Gasteiger partial charge in [0.15, 0.2) is 5.82 Å². The highest BCUT2D eigenvalue weighted by atomic mass is 16.4. The second-order valence-corrected chi connectivity index (χ2v) is 8.34. The summed E-state index contributed by atoms with van der Waals surface area (Å²) >= 11 is 0. The molecule has 4 rings (SSSR count). The van der Waals surface area contributed by atoms with Crippen molar-refractivity contribution in [1.82, 2.24) is 15.3 Å². The molecular formula is C28H25N5O3. The van der Waals surface area contributed by atoms with Gasteiger partial charge in [-0.25, -0.2) is 9.97 Å². The Balaban J connectivity index is 1.59. The second-order valence-electron chi connectivity index (χ2n) is 8.34. The van der Waals surface area contributed by atoms with E-state index in [9.17, 15) is 9.59 Å². The molecule has 3 aromatic carbocycles. The number of anilines is 1. The van der Waals surface area contributed by atoms with Crippen LogP contribution in [0.15, 0.2) is 72.8 Å². The van der Waals surface area contributed by atoms with Crippen LogP contribution in [0.3, 0.4) is 0 Å². The van der Waals surface area contributed by atoms with E-state index in [1.165, 1.54) is 0 Å². The summed E-state index contributed by atoms with van der Waals surface area (Å²) in [6.45, 7) is 2.31. The summed E-state index contributed by atoms with van der Waals surface area (Å²) in [6, 6.07) is 23.7. The quantitative estimate of drug-likeness (QED) is 0.290. The number of nitrogens with one attached hydrogen (secondary N) is 2. The molecule has 0 radical (unpaired) electrons. The number of carboxylic acid groups (broad SMARTS) is 1. The number of fused-ring (bicyclic) bond motifs is 1. The van der Waals surface area contributed by atoms with Gasteiger partial charge in [-0.2, -0.15) is 5.26 Å². The fourth-order valence-electron chi connectivity index (χ4n) is 3.77. The molecule has 0 spiro atoms. The molecule has 4 aromatic rings. The standard InChI is InChI=1S/C28H25N5O3/c1-18(20-11-9-19(17-29)10-12-20)31-28(36)22-13-14-23-24(16-22)33-27(30-15-5-8-25(34)35)26(32-23)21-6-3-2-4-7-21/h2-4,6-7,9-14,16,18H,5,8,15H2,1H3,(H,30,33)(H,31,36)(H,34,35). The average molecular weight is 480 g/mol. The minimum Gasteiger partial charge on any atom is -0.481 e. The van der Waals surface area contributed by atoms with Crippen molar-refractivity contribution in [3.05, 3.63) is 89.5 Å². The summed E-state index contributed by atoms with van der Waals surface area (Å²) in [7, 11) is 0. The number of benzene rings is 3. The van der Waals surface area contributed by atoms with Gasteiger partial charge in [0.1, 0.15) is 5.69 Å². The first-order valence-corrected chi connectivity index (χ1v) is 11.6. The normalized spacial score (nSPS) is 11.4. The number of carbonyl (C=O) groups is 2. The second kappa shape index (κ2) is 11.1. The number of carboxylic acids is 1. The van der Waals surface area contributed by atoms with E-state index in [2.05, 4.69) is 16.7 Å². The van der Waals surface area contributed by atoms with Gasteiger partial charge in [-0.3, -0.25) is 9.59 Å². The molecule has 0 saturated heterocycles. The monoisotopic (exact) mass is 479 g/mol. The van der Waals surface area contributed by atoms with Crippen LogP contribution >= 0.6 is 0 Å². The molecule has 1 aromatic heterocycles. The Morgan fingerprint density at radius 3 is 2.44 bits per heavy atom. The van der Waals surface area contributed by atoms with Crippen molar-refractivity contribution in [3.63, 3.8) is 0 Å². The Hall–Kier alpha value is -4.77. The van der Waals surface area contributed by atoms with E-state index in [1.807, 2.05) is 49.4 Å². The minimum absolute atomic E-state index is 0.0520. The number of aliphatic carboxylic acids is 1. The molecule has 1 atom stereocenters. The van der Waals surface area contributed by atoms with E-state index in [1.54, 1.807) is 30.3 Å². The molecule has 1 unspecified atom stereocenters. The van der Waals surface area contributed by atoms with Crippen molar-refractivity contribution in [2.24, 2.45) is 0 Å². The van der Waals surface area contributed by atoms with Gasteiger partial charge in [-0.15, -0.1) is 0 Å². The first kappa shape index (κ1) is 24.4. The van der Waals surface area contributed by atoms with Crippen molar-refractivity contribution < 1.29 is 14.7 Å². The third-order valence-electron chi connectivity index (χ3n) is 5.72. The van der Waals surface area contributed by atoms with E-state index < -0.39 is 5.97 Å². The molecule has 1 heterocycles. The zero-order chi connectivity index (χ0) is 25.5. The van der Waals surface area contributed by atoms with Crippen LogP contribution < -0.4 is 10.6 Å². The fraction of sp³-hybridized carbons (Fsp3) is 0.179. The molecular weight excluding hydrogens is 454 g/mol. The molecule has 0 fully saturated rings. The third-order valence-corrected chi connectivity index (χ3v) is 5.72. The molecule has 0 aliphatic rings. The predicted molar refractivity (Wildman–Crippen MR) is 137 cm³/mol. The maximum absolute atomic E-state index is 13.0. The molecule has 180 valence electrons. The van der Waals surface area contributed by atoms with E-state index in [0.717, 1.165) is 11.1 Å². The van der Waals surface area contributed by atoms with E-state index in [-0.39, 0.29) is 18.4 Å². The Bertz CT molecular complexity index is 1430. The number of nitrogens with zero attached hydrogens (tertiary/aromatic N) is 3. The number of hydrogen-bond acceptors (Lipinski definition) is 6. The van der Waals surface area contributed by atoms with E-state index in [4.69, 9.17) is 20.3 Å². The average Bonchev–Trinajstić information content (AvgIpc) is 2.90. The molecule has 1 amide bonds. The lowest BCUT2D eigenvalue weighted by Crippen LogP contribution is -2.26. The number of carbonyl (C=O) groups excluding carboxylic acids is 1. The van der Waals surface area contributed by atoms with Gasteiger partial charge in [0.2, 0.25) is 0 Å². The molecule has 0 aliphatic heterocycles. The summed E-state index contributed by atoms with van der Waals surface area (Å²) in [6.07, 6.45) is 0.495. The lowest BCUT2D eigenvalue weighted by Gasteiger charge is -2.15. The van der Waals surface area contributed by atoms with Crippen LogP contribution in [-0.4, -0.2) is 33.5 Å². The van der Waals surface area contributed by atoms with Crippen LogP contribution in [0, 0.1) is 11.3 Å². The number of rotatable bonds is 9. The predicted octanol–water partition coefficient (Wildman–Crippen LogP) is 4.94. The maximum Gasteiger partial charge on any atom is 0.303 e. The highest BCUT2D eigenvalue weighted by Crippen LogP contribution is 2.27. The van der Waals surface area contributed by atoms with Gasteiger partial charge < -0.3 is 15.7 Å². The van der Waals surface area contributed by atoms with Crippen LogP contribution in [0.2, 0.25) is 0 Å². The Morgan fingerprint density at radius 2 is 1.75 bits per heavy atom. The lowest BCUT2D eigenvalue weighted by molar-refractivity contribution is -0.137. The summed E-state index contributed by atoms with van der Waals surface area (Å²) in [5.41, 5.74) is 4.63. The number of aromatic nitrogens is 2. The molecule has 0 bridgehead atoms. The zero-order valence-corrected chi connectivity index (χ0v) is 19.7. The van der Waals surface area contributed by atoms with E-state index >= 15 is 0 Å². The van der Waals surface area contributed by atoms with Crippen molar-refractivity contribution in [3.8, 4) is 17.3 Å². The summed E-state index contributed by atoms with van der Waals surface area (Å²) in [5, 5.41) is 24.1. The molecule has 8 nitrogen and oxygen atoms in total. The largest absolute Gasteiger partial charge is 0.481 e.